The van der Waals surface area contributed by atoms with Crippen molar-refractivity contribution in [3.63, 3.8) is 0 Å². The number of unbranched alkanes of at least 4 members (excludes halogenated alkanes) is 2. The van der Waals surface area contributed by atoms with E-state index < -0.39 is 29.1 Å². The Morgan fingerprint density at radius 1 is 1.10 bits per heavy atom. The Labute approximate surface area is 182 Å². The first-order valence-electron chi connectivity index (χ1n) is 10.7. The summed E-state index contributed by atoms with van der Waals surface area (Å²) in [5, 5.41) is 9.18. The summed E-state index contributed by atoms with van der Waals surface area (Å²) < 4.78 is 36.0. The molecule has 1 aliphatic rings. The fourth-order valence-electron chi connectivity index (χ4n) is 4.04. The van der Waals surface area contributed by atoms with E-state index in [4.69, 9.17) is 4.74 Å². The summed E-state index contributed by atoms with van der Waals surface area (Å²) >= 11 is 0. The van der Waals surface area contributed by atoms with Crippen LogP contribution in [0.2, 0.25) is 0 Å². The molecule has 2 atom stereocenters. The van der Waals surface area contributed by atoms with Crippen molar-refractivity contribution in [3.05, 3.63) is 83.2 Å². The zero-order chi connectivity index (χ0) is 22.4. The highest BCUT2D eigenvalue weighted by Gasteiger charge is 2.47. The number of aryl methyl sites for hydroxylation is 1. The van der Waals surface area contributed by atoms with Crippen LogP contribution in [0, 0.1) is 0 Å². The Morgan fingerprint density at radius 3 is 2.45 bits per heavy atom. The van der Waals surface area contributed by atoms with Crippen molar-refractivity contribution >= 4 is 5.97 Å². The van der Waals surface area contributed by atoms with Gasteiger partial charge in [0.05, 0.1) is 5.57 Å². The molecule has 0 radical (unpaired) electrons. The Bertz CT molecular complexity index is 978. The lowest BCUT2D eigenvalue weighted by Gasteiger charge is -2.37. The molecule has 3 nitrogen and oxygen atoms in total. The average Bonchev–Trinajstić information content (AvgIpc) is 2.78. The predicted octanol–water partition coefficient (Wildman–Crippen LogP) is 6.53. The monoisotopic (exact) mass is 426 g/mol. The molecule has 164 valence electrons. The molecular weight excluding hydrogens is 398 g/mol. The number of hydrogen-bond donors (Lipinski definition) is 1. The number of halogens is 2. The van der Waals surface area contributed by atoms with Gasteiger partial charge in [-0.05, 0) is 54.2 Å². The topological polar surface area (TPSA) is 46.5 Å². The van der Waals surface area contributed by atoms with Crippen LogP contribution < -0.4 is 0 Å². The second-order valence-corrected chi connectivity index (χ2v) is 7.69. The van der Waals surface area contributed by atoms with Crippen molar-refractivity contribution in [2.45, 2.75) is 51.3 Å². The minimum absolute atomic E-state index is 0.130. The van der Waals surface area contributed by atoms with Crippen molar-refractivity contribution in [1.82, 2.24) is 0 Å². The van der Waals surface area contributed by atoms with Crippen LogP contribution >= 0.6 is 0 Å². The molecule has 0 amide bonds. The van der Waals surface area contributed by atoms with Gasteiger partial charge in [0.15, 0.2) is 12.0 Å². The summed E-state index contributed by atoms with van der Waals surface area (Å²) in [6.45, 7) is 4.00. The van der Waals surface area contributed by atoms with Gasteiger partial charge in [0.25, 0.3) is 0 Å². The molecule has 5 heteroatoms. The van der Waals surface area contributed by atoms with Crippen LogP contribution in [-0.4, -0.2) is 23.9 Å². The van der Waals surface area contributed by atoms with Gasteiger partial charge in [0, 0.05) is 6.61 Å². The Balaban J connectivity index is 2.03. The van der Waals surface area contributed by atoms with Gasteiger partial charge in [-0.15, -0.1) is 0 Å². The van der Waals surface area contributed by atoms with Crippen molar-refractivity contribution in [2.75, 3.05) is 6.61 Å². The maximum Gasteiger partial charge on any atom is 0.338 e. The van der Waals surface area contributed by atoms with E-state index in [1.807, 2.05) is 24.3 Å². The first-order chi connectivity index (χ1) is 14.9. The molecule has 1 aliphatic carbocycles. The molecule has 0 aliphatic heterocycles. The number of rotatable bonds is 9. The zero-order valence-electron chi connectivity index (χ0n) is 17.9. The molecule has 31 heavy (non-hydrogen) atoms. The summed E-state index contributed by atoms with van der Waals surface area (Å²) in [6, 6.07) is 15.2. The van der Waals surface area contributed by atoms with E-state index in [1.54, 1.807) is 19.1 Å². The minimum atomic E-state index is -2.27. The number of carbonyl (C=O) groups is 1. The Kier molecular flexibility index (Phi) is 7.39. The SMILES string of the molecule is CCCCCc1ccc(-c2ccccc2C2(OCC)C=CC(C(=O)O)=C(F)C2F)cc1. The van der Waals surface area contributed by atoms with Crippen LogP contribution in [0.25, 0.3) is 11.1 Å². The van der Waals surface area contributed by atoms with E-state index in [9.17, 15) is 14.3 Å². The minimum Gasteiger partial charge on any atom is -0.478 e. The molecule has 2 aromatic carbocycles. The Morgan fingerprint density at radius 2 is 1.81 bits per heavy atom. The van der Waals surface area contributed by atoms with E-state index in [0.29, 0.717) is 5.56 Å². The van der Waals surface area contributed by atoms with E-state index in [2.05, 4.69) is 19.1 Å². The maximum absolute atomic E-state index is 15.4. The van der Waals surface area contributed by atoms with E-state index >= 15 is 4.39 Å². The number of alkyl halides is 1. The van der Waals surface area contributed by atoms with Crippen molar-refractivity contribution in [1.29, 1.82) is 0 Å². The lowest BCUT2D eigenvalue weighted by molar-refractivity contribution is -0.132. The molecule has 3 rings (SSSR count). The third-order valence-corrected chi connectivity index (χ3v) is 5.65. The average molecular weight is 427 g/mol. The number of ether oxygens (including phenoxy) is 1. The number of hydrogen-bond acceptors (Lipinski definition) is 2. The van der Waals surface area contributed by atoms with Crippen LogP contribution in [0.5, 0.6) is 0 Å². The van der Waals surface area contributed by atoms with Gasteiger partial charge in [0.2, 0.25) is 0 Å². The van der Waals surface area contributed by atoms with Crippen LogP contribution in [0.15, 0.2) is 72.1 Å². The summed E-state index contributed by atoms with van der Waals surface area (Å²) in [5.41, 5.74) is 0.845. The molecule has 0 saturated carbocycles. The Hall–Kier alpha value is -2.79. The van der Waals surface area contributed by atoms with Gasteiger partial charge in [-0.1, -0.05) is 68.3 Å². The molecule has 0 spiro atoms. The van der Waals surface area contributed by atoms with Crippen LogP contribution in [-0.2, 0) is 21.6 Å². The third-order valence-electron chi connectivity index (χ3n) is 5.65. The predicted molar refractivity (Wildman–Crippen MR) is 118 cm³/mol. The summed E-state index contributed by atoms with van der Waals surface area (Å²) in [6.07, 6.45) is 4.63. The largest absolute Gasteiger partial charge is 0.478 e. The zero-order valence-corrected chi connectivity index (χ0v) is 17.9. The molecular formula is C26H28F2O3. The first kappa shape index (κ1) is 22.9. The van der Waals surface area contributed by atoms with Gasteiger partial charge in [-0.2, -0.15) is 0 Å². The quantitative estimate of drug-likeness (QED) is 0.464. The molecule has 2 aromatic rings. The first-order valence-corrected chi connectivity index (χ1v) is 10.7. The molecule has 1 N–H and O–H groups in total. The van der Waals surface area contributed by atoms with Crippen LogP contribution in [0.1, 0.15) is 44.2 Å². The molecule has 0 fully saturated rings. The van der Waals surface area contributed by atoms with Crippen LogP contribution in [0.3, 0.4) is 0 Å². The molecule has 0 heterocycles. The number of aliphatic carboxylic acids is 1. The van der Waals surface area contributed by atoms with Gasteiger partial charge in [0.1, 0.15) is 5.60 Å². The number of carboxylic acid groups (broad SMARTS) is 1. The molecule has 0 bridgehead atoms. The van der Waals surface area contributed by atoms with Crippen LogP contribution in [0.4, 0.5) is 8.78 Å². The summed E-state index contributed by atoms with van der Waals surface area (Å²) in [5.74, 6) is -2.84. The highest BCUT2D eigenvalue weighted by atomic mass is 19.2. The molecule has 2 unspecified atom stereocenters. The van der Waals surface area contributed by atoms with Crippen molar-refractivity contribution in [3.8, 4) is 11.1 Å². The van der Waals surface area contributed by atoms with Gasteiger partial charge in [-0.3, -0.25) is 0 Å². The van der Waals surface area contributed by atoms with E-state index in [1.165, 1.54) is 18.1 Å². The third kappa shape index (κ3) is 4.62. The van der Waals surface area contributed by atoms with Gasteiger partial charge < -0.3 is 9.84 Å². The second-order valence-electron chi connectivity index (χ2n) is 7.69. The second kappa shape index (κ2) is 10.0. The molecule has 0 saturated heterocycles. The number of benzene rings is 2. The maximum atomic E-state index is 15.4. The lowest BCUT2D eigenvalue weighted by atomic mass is 9.79. The lowest BCUT2D eigenvalue weighted by Crippen LogP contribution is -2.41. The van der Waals surface area contributed by atoms with E-state index in [-0.39, 0.29) is 6.61 Å². The normalized spacial score (nSPS) is 20.8. The van der Waals surface area contributed by atoms with Gasteiger partial charge >= 0.3 is 5.97 Å². The summed E-state index contributed by atoms with van der Waals surface area (Å²) in [7, 11) is 0. The summed E-state index contributed by atoms with van der Waals surface area (Å²) in [4.78, 5) is 11.3. The van der Waals surface area contributed by atoms with Gasteiger partial charge in [-0.25, -0.2) is 13.6 Å². The fourth-order valence-corrected chi connectivity index (χ4v) is 4.04. The van der Waals surface area contributed by atoms with Crippen molar-refractivity contribution in [2.24, 2.45) is 0 Å². The molecule has 0 aromatic heterocycles. The van der Waals surface area contributed by atoms with Crippen molar-refractivity contribution < 1.29 is 23.4 Å². The smallest absolute Gasteiger partial charge is 0.338 e. The van der Waals surface area contributed by atoms with E-state index in [0.717, 1.165) is 36.5 Å². The fraction of sp³-hybridized carbons (Fsp3) is 0.346. The standard InChI is InChI=1S/C26H28F2O3/c1-3-5-6-9-18-12-14-19(15-13-18)20-10-7-8-11-22(20)26(31-4-2)17-16-21(25(29)30)23(27)24(26)28/h7-8,10-17,24H,3-6,9H2,1-2H3,(H,29,30). The highest BCUT2D eigenvalue weighted by Crippen LogP contribution is 2.45. The number of carboxylic acids is 1. The highest BCUT2D eigenvalue weighted by molar-refractivity contribution is 5.91.